The third kappa shape index (κ3) is 5.90. The number of aromatic nitrogens is 2. The molecule has 41 heavy (non-hydrogen) atoms. The minimum atomic E-state index is -0.189. The highest BCUT2D eigenvalue weighted by Crippen LogP contribution is 2.32. The number of pyridine rings is 1. The first-order valence-electron chi connectivity index (χ1n) is 14.1. The molecule has 1 saturated heterocycles. The van der Waals surface area contributed by atoms with Crippen molar-refractivity contribution in [2.24, 2.45) is 4.99 Å². The molecule has 0 radical (unpaired) electrons. The van der Waals surface area contributed by atoms with E-state index in [1.165, 1.54) is 18.4 Å². The molecule has 1 amide bonds. The van der Waals surface area contributed by atoms with Gasteiger partial charge in [0, 0.05) is 41.0 Å². The van der Waals surface area contributed by atoms with Gasteiger partial charge in [0.05, 0.1) is 23.0 Å². The molecule has 3 heterocycles. The van der Waals surface area contributed by atoms with Gasteiger partial charge in [-0.05, 0) is 86.4 Å². The highest BCUT2D eigenvalue weighted by molar-refractivity contribution is 6.22. The molecule has 6 rings (SSSR count). The largest absolute Gasteiger partial charge is 0.494 e. The average molecular weight is 544 g/mol. The van der Waals surface area contributed by atoms with Crippen LogP contribution in [0.5, 0.6) is 5.88 Å². The molecule has 3 N–H and O–H groups in total. The molecule has 0 saturated carbocycles. The quantitative estimate of drug-likeness (QED) is 0.194. The van der Waals surface area contributed by atoms with Crippen molar-refractivity contribution in [3.05, 3.63) is 125 Å². The van der Waals surface area contributed by atoms with Crippen molar-refractivity contribution in [1.29, 1.82) is 0 Å². The van der Waals surface area contributed by atoms with Crippen LogP contribution >= 0.6 is 0 Å². The summed E-state index contributed by atoms with van der Waals surface area (Å²) in [5, 5.41) is 14.9. The lowest BCUT2D eigenvalue weighted by molar-refractivity contribution is 0.0940. The monoisotopic (exact) mass is 543 g/mol. The van der Waals surface area contributed by atoms with Crippen LogP contribution in [0.25, 0.3) is 10.9 Å². The minimum absolute atomic E-state index is 0.00331. The summed E-state index contributed by atoms with van der Waals surface area (Å²) < 4.78 is 0. The summed E-state index contributed by atoms with van der Waals surface area (Å²) in [6, 6.07) is 27.1. The highest BCUT2D eigenvalue weighted by Gasteiger charge is 2.21. The van der Waals surface area contributed by atoms with Gasteiger partial charge in [0.25, 0.3) is 5.91 Å². The van der Waals surface area contributed by atoms with Crippen LogP contribution in [-0.4, -0.2) is 44.7 Å². The molecule has 3 aromatic carbocycles. The molecule has 0 spiro atoms. The highest BCUT2D eigenvalue weighted by atomic mass is 16.3. The molecule has 1 aliphatic heterocycles. The summed E-state index contributed by atoms with van der Waals surface area (Å²) >= 11 is 0. The number of carbonyl (C=O) groups excluding carboxylic acids is 1. The number of rotatable bonds is 8. The zero-order valence-corrected chi connectivity index (χ0v) is 23.0. The standard InChI is InChI=1S/C34H33N5O2/c1-23(25-7-3-2-4-8-25)36-33(40)27-11-14-30-29(21-27)31(34(41)38-30)32(26-15-17-35-18-16-26)37-28-12-9-24(10-13-28)22-39-19-5-6-20-39/h2-4,7-18,21,23,38,41H,5-6,19-20,22H2,1H3,(H,36,40)/t23-/m1/s1. The van der Waals surface area contributed by atoms with Crippen molar-refractivity contribution in [2.75, 3.05) is 13.1 Å². The number of amides is 1. The zero-order valence-electron chi connectivity index (χ0n) is 23.0. The van der Waals surface area contributed by atoms with Crippen LogP contribution in [0.3, 0.4) is 0 Å². The van der Waals surface area contributed by atoms with Crippen molar-refractivity contribution < 1.29 is 9.90 Å². The lowest BCUT2D eigenvalue weighted by Crippen LogP contribution is -2.26. The van der Waals surface area contributed by atoms with Crippen LogP contribution in [0.2, 0.25) is 0 Å². The maximum absolute atomic E-state index is 13.3. The van der Waals surface area contributed by atoms with E-state index in [0.29, 0.717) is 27.7 Å². The van der Waals surface area contributed by atoms with Gasteiger partial charge in [-0.1, -0.05) is 42.5 Å². The summed E-state index contributed by atoms with van der Waals surface area (Å²) in [5.74, 6) is -0.192. The smallest absolute Gasteiger partial charge is 0.251 e. The summed E-state index contributed by atoms with van der Waals surface area (Å²) in [5.41, 5.74) is 6.23. The molecule has 5 aromatic rings. The van der Waals surface area contributed by atoms with Crippen LogP contribution in [0.1, 0.15) is 58.4 Å². The van der Waals surface area contributed by atoms with Gasteiger partial charge in [0.2, 0.25) is 0 Å². The van der Waals surface area contributed by atoms with Gasteiger partial charge < -0.3 is 15.4 Å². The second-order valence-electron chi connectivity index (χ2n) is 10.6. The van der Waals surface area contributed by atoms with Crippen LogP contribution in [0.15, 0.2) is 102 Å². The molecular weight excluding hydrogens is 510 g/mol. The molecule has 1 aliphatic rings. The van der Waals surface area contributed by atoms with Gasteiger partial charge >= 0.3 is 0 Å². The number of aliphatic imine (C=N–C) groups is 1. The van der Waals surface area contributed by atoms with E-state index in [4.69, 9.17) is 4.99 Å². The number of nitrogens with zero attached hydrogens (tertiary/aromatic N) is 3. The second kappa shape index (κ2) is 11.8. The Labute approximate surface area is 239 Å². The Morgan fingerprint density at radius 3 is 2.44 bits per heavy atom. The van der Waals surface area contributed by atoms with Gasteiger partial charge in [0.15, 0.2) is 5.88 Å². The van der Waals surface area contributed by atoms with Gasteiger partial charge in [-0.3, -0.25) is 14.7 Å². The third-order valence-electron chi connectivity index (χ3n) is 7.66. The molecule has 206 valence electrons. The normalized spacial score (nSPS) is 14.8. The predicted molar refractivity (Wildman–Crippen MR) is 163 cm³/mol. The van der Waals surface area contributed by atoms with E-state index in [2.05, 4.69) is 32.3 Å². The summed E-state index contributed by atoms with van der Waals surface area (Å²) in [6.45, 7) is 5.20. The van der Waals surface area contributed by atoms with E-state index in [1.54, 1.807) is 18.5 Å². The number of fused-ring (bicyclic) bond motifs is 1. The van der Waals surface area contributed by atoms with Crippen molar-refractivity contribution >= 4 is 28.2 Å². The van der Waals surface area contributed by atoms with E-state index in [1.807, 2.05) is 73.7 Å². The van der Waals surface area contributed by atoms with Crippen molar-refractivity contribution in [1.82, 2.24) is 20.2 Å². The summed E-state index contributed by atoms with van der Waals surface area (Å²) in [7, 11) is 0. The van der Waals surface area contributed by atoms with Crippen LogP contribution in [0.4, 0.5) is 5.69 Å². The summed E-state index contributed by atoms with van der Waals surface area (Å²) in [4.78, 5) is 28.0. The SMILES string of the molecule is C[C@@H](NC(=O)c1ccc2[nH]c(O)c(C(=Nc3ccc(CN4CCCC4)cc3)c3ccncc3)c2c1)c1ccccc1. The van der Waals surface area contributed by atoms with Crippen LogP contribution in [0, 0.1) is 0 Å². The van der Waals surface area contributed by atoms with Crippen LogP contribution < -0.4 is 5.32 Å². The molecule has 7 nitrogen and oxygen atoms in total. The first-order chi connectivity index (χ1) is 20.0. The first kappa shape index (κ1) is 26.5. The fraction of sp³-hybridized carbons (Fsp3) is 0.206. The second-order valence-corrected chi connectivity index (χ2v) is 10.6. The lowest BCUT2D eigenvalue weighted by atomic mass is 10.00. The maximum atomic E-state index is 13.3. The van der Waals surface area contributed by atoms with E-state index < -0.39 is 0 Å². The molecule has 0 bridgehead atoms. The molecular formula is C34H33N5O2. The third-order valence-corrected chi connectivity index (χ3v) is 7.66. The average Bonchev–Trinajstić information content (AvgIpc) is 3.64. The first-order valence-corrected chi connectivity index (χ1v) is 14.1. The number of H-pyrrole nitrogens is 1. The van der Waals surface area contributed by atoms with E-state index in [-0.39, 0.29) is 17.8 Å². The topological polar surface area (TPSA) is 93.6 Å². The number of benzene rings is 3. The van der Waals surface area contributed by atoms with Gasteiger partial charge in [0.1, 0.15) is 0 Å². The molecule has 1 fully saturated rings. The molecule has 0 unspecified atom stereocenters. The van der Waals surface area contributed by atoms with E-state index in [9.17, 15) is 9.90 Å². The Morgan fingerprint density at radius 1 is 0.976 bits per heavy atom. The number of carbonyl (C=O) groups is 1. The predicted octanol–water partition coefficient (Wildman–Crippen LogP) is 6.52. The molecule has 0 aliphatic carbocycles. The number of likely N-dealkylation sites (tertiary alicyclic amines) is 1. The fourth-order valence-electron chi connectivity index (χ4n) is 5.44. The van der Waals surface area contributed by atoms with Crippen molar-refractivity contribution in [2.45, 2.75) is 32.4 Å². The Hall–Kier alpha value is -4.75. The lowest BCUT2D eigenvalue weighted by Gasteiger charge is -2.15. The van der Waals surface area contributed by atoms with Gasteiger partial charge in [-0.15, -0.1) is 0 Å². The Balaban J connectivity index is 1.35. The summed E-state index contributed by atoms with van der Waals surface area (Å²) in [6.07, 6.45) is 5.95. The van der Waals surface area contributed by atoms with Crippen LogP contribution in [-0.2, 0) is 6.54 Å². The number of hydrogen-bond acceptors (Lipinski definition) is 5. The molecule has 7 heteroatoms. The molecule has 2 aromatic heterocycles. The van der Waals surface area contributed by atoms with E-state index in [0.717, 1.165) is 36.4 Å². The van der Waals surface area contributed by atoms with E-state index >= 15 is 0 Å². The zero-order chi connectivity index (χ0) is 28.2. The van der Waals surface area contributed by atoms with Gasteiger partial charge in [-0.2, -0.15) is 0 Å². The van der Waals surface area contributed by atoms with Gasteiger partial charge in [-0.25, -0.2) is 4.99 Å². The number of aromatic amines is 1. The number of hydrogen-bond donors (Lipinski definition) is 3. The number of aromatic hydroxyl groups is 1. The maximum Gasteiger partial charge on any atom is 0.251 e. The van der Waals surface area contributed by atoms with Crippen molar-refractivity contribution in [3.63, 3.8) is 0 Å². The van der Waals surface area contributed by atoms with Crippen molar-refractivity contribution in [3.8, 4) is 5.88 Å². The fourth-order valence-corrected chi connectivity index (χ4v) is 5.44. The Morgan fingerprint density at radius 2 is 1.71 bits per heavy atom. The Bertz CT molecular complexity index is 1670. The Kier molecular flexibility index (Phi) is 7.60. The molecule has 1 atom stereocenters. The minimum Gasteiger partial charge on any atom is -0.494 e. The number of nitrogens with one attached hydrogen (secondary N) is 2.